The van der Waals surface area contributed by atoms with Crippen molar-refractivity contribution in [2.45, 2.75) is 49.1 Å². The Hall–Kier alpha value is -3.04. The van der Waals surface area contributed by atoms with Crippen LogP contribution in [-0.4, -0.2) is 104 Å². The van der Waals surface area contributed by atoms with Crippen LogP contribution in [0, 0.1) is 0 Å². The lowest BCUT2D eigenvalue weighted by molar-refractivity contribution is -0.0602. The average Bonchev–Trinajstić information content (AvgIpc) is 3.57. The highest BCUT2D eigenvalue weighted by atomic mass is 31.2. The molecule has 2 aliphatic rings. The van der Waals surface area contributed by atoms with Gasteiger partial charge in [0, 0.05) is 16.8 Å². The zero-order chi connectivity index (χ0) is 30.3. The van der Waals surface area contributed by atoms with Crippen molar-refractivity contribution < 1.29 is 57.3 Å². The molecule has 0 bridgehead atoms. The minimum Gasteiger partial charge on any atom is -0.387 e. The minimum absolute atomic E-state index is 0.0264. The van der Waals surface area contributed by atoms with Gasteiger partial charge in [0.15, 0.2) is 23.9 Å². The van der Waals surface area contributed by atoms with E-state index in [0.29, 0.717) is 0 Å². The summed E-state index contributed by atoms with van der Waals surface area (Å²) in [5.41, 5.74) is 4.42. The maximum atomic E-state index is 12.9. The molecule has 3 aromatic heterocycles. The van der Waals surface area contributed by atoms with Crippen molar-refractivity contribution in [1.29, 1.82) is 0 Å². The van der Waals surface area contributed by atoms with Crippen LogP contribution < -0.4 is 17.0 Å². The van der Waals surface area contributed by atoms with Gasteiger partial charge < -0.3 is 35.4 Å². The predicted molar refractivity (Wildman–Crippen MR) is 133 cm³/mol. The number of aromatic nitrogens is 6. The molecule has 10 atom stereocenters. The monoisotopic (exact) mass is 636 g/mol. The molecule has 2 aliphatic heterocycles. The van der Waals surface area contributed by atoms with Gasteiger partial charge in [-0.25, -0.2) is 24.3 Å². The molecule has 0 aromatic carbocycles. The first-order valence-electron chi connectivity index (χ1n) is 11.9. The lowest BCUT2D eigenvalue weighted by Crippen LogP contribution is -2.37. The third kappa shape index (κ3) is 6.04. The maximum absolute atomic E-state index is 12.9. The number of phosphoric ester groups is 1. The van der Waals surface area contributed by atoms with E-state index in [1.165, 1.54) is 10.9 Å². The molecule has 0 aliphatic carbocycles. The average molecular weight is 636 g/mol. The van der Waals surface area contributed by atoms with E-state index in [0.717, 1.165) is 23.2 Å². The molecular weight excluding hydrogens is 612 g/mol. The number of ether oxygens (including phenoxy) is 2. The molecule has 23 heteroatoms. The molecule has 42 heavy (non-hydrogen) atoms. The molecule has 0 amide bonds. The van der Waals surface area contributed by atoms with Gasteiger partial charge in [0.05, 0.1) is 12.9 Å². The molecular formula is C19H24N7O14P2+. The number of anilines is 1. The number of nitrogens with one attached hydrogen (secondary N) is 1. The van der Waals surface area contributed by atoms with E-state index in [1.54, 1.807) is 0 Å². The molecule has 0 saturated carbocycles. The smallest absolute Gasteiger partial charge is 0.387 e. The lowest BCUT2D eigenvalue weighted by Gasteiger charge is -2.23. The topological polar surface area (TPSA) is 306 Å². The van der Waals surface area contributed by atoms with Crippen LogP contribution in [0.2, 0.25) is 0 Å². The highest BCUT2D eigenvalue weighted by Crippen LogP contribution is 2.49. The fourth-order valence-corrected chi connectivity index (χ4v) is 5.72. The first-order chi connectivity index (χ1) is 19.9. The number of nitrogen functional groups attached to an aromatic ring is 1. The standard InChI is InChI=1S/C19H23N7O14P2/c20-15-10-16(22-5-21-15)26(6-23-10)18-13(30)14(8(39-18)3-36-41(32)33)40-42(34,35)37-4-7-11(28)12(29)17(38-7)25-2-1-9(27)24-19(25)31/h1-2,5-8,11-14,17-18,28-30H,3-4H2,(H4-,20,21,22,24,27,31,32,33,34,35)/p+1/t7-,8-,11-,12-,13-,14-,17-,18-/m1/s1. The summed E-state index contributed by atoms with van der Waals surface area (Å²) in [5.74, 6) is 0.0264. The van der Waals surface area contributed by atoms with Crippen molar-refractivity contribution >= 4 is 33.1 Å². The summed E-state index contributed by atoms with van der Waals surface area (Å²) in [5, 5.41) is 31.7. The number of imidazole rings is 1. The Kier molecular flexibility index (Phi) is 8.63. The van der Waals surface area contributed by atoms with E-state index in [2.05, 4.69) is 19.5 Å². The Bertz CT molecular complexity index is 1630. The molecule has 2 saturated heterocycles. The first kappa shape index (κ1) is 30.4. The summed E-state index contributed by atoms with van der Waals surface area (Å²) in [4.78, 5) is 56.7. The summed E-state index contributed by atoms with van der Waals surface area (Å²) in [6, 6.07) is 0.979. The number of aliphatic hydroxyl groups is 3. The Morgan fingerprint density at radius 3 is 2.48 bits per heavy atom. The van der Waals surface area contributed by atoms with Crippen molar-refractivity contribution in [2.24, 2.45) is 0 Å². The maximum Gasteiger partial charge on any atom is 0.694 e. The number of fused-ring (bicyclic) bond motifs is 1. The summed E-state index contributed by atoms with van der Waals surface area (Å²) in [6.45, 7) is -1.51. The van der Waals surface area contributed by atoms with Gasteiger partial charge in [0.25, 0.3) is 5.56 Å². The van der Waals surface area contributed by atoms with Gasteiger partial charge in [-0.1, -0.05) is 0 Å². The van der Waals surface area contributed by atoms with Gasteiger partial charge in [0.1, 0.15) is 55.1 Å². The van der Waals surface area contributed by atoms with E-state index in [1.807, 2.05) is 4.98 Å². The quantitative estimate of drug-likeness (QED) is 0.109. The van der Waals surface area contributed by atoms with E-state index in [4.69, 9.17) is 29.1 Å². The molecule has 8 N–H and O–H groups in total. The molecule has 5 rings (SSSR count). The van der Waals surface area contributed by atoms with Crippen molar-refractivity contribution in [3.63, 3.8) is 0 Å². The van der Waals surface area contributed by atoms with Crippen LogP contribution in [-0.2, 0) is 32.2 Å². The van der Waals surface area contributed by atoms with Gasteiger partial charge in [-0.2, -0.15) is 0 Å². The Balaban J connectivity index is 1.30. The zero-order valence-corrected chi connectivity index (χ0v) is 22.7. The van der Waals surface area contributed by atoms with Crippen LogP contribution in [0.15, 0.2) is 34.5 Å². The van der Waals surface area contributed by atoms with Gasteiger partial charge in [-0.3, -0.25) is 28.0 Å². The van der Waals surface area contributed by atoms with E-state index < -0.39 is 89.6 Å². The highest BCUT2D eigenvalue weighted by Gasteiger charge is 2.51. The number of rotatable bonds is 10. The zero-order valence-electron chi connectivity index (χ0n) is 21.0. The molecule has 3 aromatic rings. The SMILES string of the molecule is Nc1ncnc2c1ncn2[C@@H]1O[C@H](CO[P+](=O)O)[C@@H](OP(=O)(O)OC[C@H]2O[C@@H](n3ccc(=O)[nH]c3=O)[C@H](O)[C@@H]2O)[C@H]1O. The van der Waals surface area contributed by atoms with E-state index >= 15 is 0 Å². The van der Waals surface area contributed by atoms with Crippen LogP contribution in [0.4, 0.5) is 5.82 Å². The van der Waals surface area contributed by atoms with Gasteiger partial charge in [0.2, 0.25) is 0 Å². The normalized spacial score (nSPS) is 31.4. The van der Waals surface area contributed by atoms with Crippen molar-refractivity contribution in [2.75, 3.05) is 18.9 Å². The summed E-state index contributed by atoms with van der Waals surface area (Å²) < 4.78 is 51.9. The van der Waals surface area contributed by atoms with Crippen LogP contribution in [0.5, 0.6) is 0 Å². The van der Waals surface area contributed by atoms with Crippen LogP contribution in [0.1, 0.15) is 12.5 Å². The fraction of sp³-hybridized carbons (Fsp3) is 0.526. The molecule has 0 radical (unpaired) electrons. The van der Waals surface area contributed by atoms with E-state index in [-0.39, 0.29) is 17.0 Å². The van der Waals surface area contributed by atoms with Crippen LogP contribution in [0.3, 0.4) is 0 Å². The van der Waals surface area contributed by atoms with Gasteiger partial charge in [-0.05, 0) is 0 Å². The van der Waals surface area contributed by atoms with Crippen molar-refractivity contribution in [1.82, 2.24) is 29.1 Å². The van der Waals surface area contributed by atoms with Gasteiger partial charge in [-0.15, -0.1) is 9.42 Å². The molecule has 21 nitrogen and oxygen atoms in total. The number of nitrogens with zero attached hydrogens (tertiary/aromatic N) is 5. The number of hydrogen-bond acceptors (Lipinski definition) is 16. The highest BCUT2D eigenvalue weighted by molar-refractivity contribution is 7.47. The summed E-state index contributed by atoms with van der Waals surface area (Å²) >= 11 is 0. The van der Waals surface area contributed by atoms with Crippen LogP contribution in [0.25, 0.3) is 11.2 Å². The molecule has 2 unspecified atom stereocenters. The number of aromatic amines is 1. The second kappa shape index (κ2) is 11.9. The summed E-state index contributed by atoms with van der Waals surface area (Å²) in [7, 11) is -8.24. The summed E-state index contributed by atoms with van der Waals surface area (Å²) in [6.07, 6.45) is -9.14. The number of phosphoric acid groups is 1. The molecule has 228 valence electrons. The number of aliphatic hydroxyl groups excluding tert-OH is 3. The second-order valence-corrected chi connectivity index (χ2v) is 11.2. The largest absolute Gasteiger partial charge is 0.694 e. The third-order valence-corrected chi connectivity index (χ3v) is 7.79. The first-order valence-corrected chi connectivity index (χ1v) is 14.5. The number of nitrogens with two attached hydrogens (primary N) is 1. The van der Waals surface area contributed by atoms with Crippen molar-refractivity contribution in [3.8, 4) is 0 Å². The number of hydrogen-bond donors (Lipinski definition) is 7. The van der Waals surface area contributed by atoms with Crippen LogP contribution >= 0.6 is 16.1 Å². The van der Waals surface area contributed by atoms with Crippen molar-refractivity contribution in [3.05, 3.63) is 45.8 Å². The minimum atomic E-state index is -5.12. The Labute approximate surface area is 233 Å². The number of H-pyrrole nitrogens is 1. The second-order valence-electron chi connectivity index (χ2n) is 9.07. The molecule has 2 fully saturated rings. The fourth-order valence-electron chi connectivity index (χ4n) is 4.48. The lowest BCUT2D eigenvalue weighted by atomic mass is 10.1. The Morgan fingerprint density at radius 2 is 1.76 bits per heavy atom. The molecule has 5 heterocycles. The Morgan fingerprint density at radius 1 is 1.05 bits per heavy atom. The van der Waals surface area contributed by atoms with E-state index in [9.17, 15) is 38.9 Å². The molecule has 0 spiro atoms. The predicted octanol–water partition coefficient (Wildman–Crippen LogP) is -3.00. The van der Waals surface area contributed by atoms with Gasteiger partial charge >= 0.3 is 21.8 Å². The third-order valence-electron chi connectivity index (χ3n) is 6.44.